The highest BCUT2D eigenvalue weighted by Crippen LogP contribution is 2.25. The molecule has 3 heteroatoms. The second kappa shape index (κ2) is 8.25. The van der Waals surface area contributed by atoms with E-state index in [0.717, 1.165) is 37.3 Å². The van der Waals surface area contributed by atoms with Crippen LogP contribution in [0.1, 0.15) is 59.1 Å². The van der Waals surface area contributed by atoms with Crippen LogP contribution in [0.3, 0.4) is 0 Å². The first-order chi connectivity index (χ1) is 9.41. The Morgan fingerprint density at radius 3 is 2.05 bits per heavy atom. The standard InChI is InChI=1S/C17H30N2O/c1-13(2)8-11-19(12-9-14(3)4)17-16(15(5)20)7-6-10-18-17/h6-7,10,13-15,20H,8-9,11-12H2,1-5H3/t15-/m0/s1. The van der Waals surface area contributed by atoms with Crippen LogP contribution in [0.4, 0.5) is 5.82 Å². The van der Waals surface area contributed by atoms with E-state index in [2.05, 4.69) is 37.6 Å². The SMILES string of the molecule is CC(C)CCN(CCC(C)C)c1ncccc1[C@H](C)O. The summed E-state index contributed by atoms with van der Waals surface area (Å²) in [6.07, 6.45) is 3.64. The van der Waals surface area contributed by atoms with Crippen molar-refractivity contribution >= 4 is 5.82 Å². The number of aliphatic hydroxyl groups excluding tert-OH is 1. The maximum Gasteiger partial charge on any atom is 0.134 e. The lowest BCUT2D eigenvalue weighted by Gasteiger charge is -2.28. The molecule has 0 amide bonds. The molecular weight excluding hydrogens is 248 g/mol. The van der Waals surface area contributed by atoms with E-state index in [0.29, 0.717) is 11.8 Å². The quantitative estimate of drug-likeness (QED) is 0.780. The number of aromatic nitrogens is 1. The maximum absolute atomic E-state index is 9.94. The third kappa shape index (κ3) is 5.49. The molecule has 0 aliphatic carbocycles. The number of hydrogen-bond acceptors (Lipinski definition) is 3. The molecule has 0 spiro atoms. The smallest absolute Gasteiger partial charge is 0.134 e. The van der Waals surface area contributed by atoms with Crippen LogP contribution in [0.2, 0.25) is 0 Å². The summed E-state index contributed by atoms with van der Waals surface area (Å²) in [6, 6.07) is 3.87. The summed E-state index contributed by atoms with van der Waals surface area (Å²) in [5.74, 6) is 2.30. The first-order valence-electron chi connectivity index (χ1n) is 7.79. The van der Waals surface area contributed by atoms with Crippen LogP contribution in [0.15, 0.2) is 18.3 Å². The average molecular weight is 278 g/mol. The normalized spacial score (nSPS) is 13.0. The molecule has 0 unspecified atom stereocenters. The van der Waals surface area contributed by atoms with Gasteiger partial charge < -0.3 is 10.0 Å². The van der Waals surface area contributed by atoms with E-state index < -0.39 is 6.10 Å². The molecule has 1 rings (SSSR count). The van der Waals surface area contributed by atoms with Crippen molar-refractivity contribution in [3.05, 3.63) is 23.9 Å². The van der Waals surface area contributed by atoms with Gasteiger partial charge in [0.1, 0.15) is 5.82 Å². The molecule has 1 N–H and O–H groups in total. The van der Waals surface area contributed by atoms with Gasteiger partial charge >= 0.3 is 0 Å². The molecule has 0 fully saturated rings. The summed E-state index contributed by atoms with van der Waals surface area (Å²) < 4.78 is 0. The van der Waals surface area contributed by atoms with Crippen LogP contribution in [0.5, 0.6) is 0 Å². The third-order valence-electron chi connectivity index (χ3n) is 3.52. The lowest BCUT2D eigenvalue weighted by molar-refractivity contribution is 0.199. The van der Waals surface area contributed by atoms with Gasteiger partial charge in [-0.3, -0.25) is 0 Å². The van der Waals surface area contributed by atoms with E-state index in [1.807, 2.05) is 25.3 Å². The van der Waals surface area contributed by atoms with Crippen LogP contribution < -0.4 is 4.90 Å². The molecule has 3 nitrogen and oxygen atoms in total. The Morgan fingerprint density at radius 1 is 1.05 bits per heavy atom. The summed E-state index contributed by atoms with van der Waals surface area (Å²) >= 11 is 0. The lowest BCUT2D eigenvalue weighted by atomic mass is 10.1. The predicted molar refractivity (Wildman–Crippen MR) is 86.0 cm³/mol. The largest absolute Gasteiger partial charge is 0.389 e. The fourth-order valence-electron chi connectivity index (χ4n) is 2.15. The number of anilines is 1. The minimum Gasteiger partial charge on any atom is -0.389 e. The summed E-state index contributed by atoms with van der Waals surface area (Å²) in [7, 11) is 0. The van der Waals surface area contributed by atoms with E-state index in [-0.39, 0.29) is 0 Å². The van der Waals surface area contributed by atoms with E-state index in [1.54, 1.807) is 0 Å². The molecule has 1 heterocycles. The Morgan fingerprint density at radius 2 is 1.60 bits per heavy atom. The van der Waals surface area contributed by atoms with Gasteiger partial charge in [-0.15, -0.1) is 0 Å². The van der Waals surface area contributed by atoms with Gasteiger partial charge in [-0.05, 0) is 37.7 Å². The van der Waals surface area contributed by atoms with Crippen molar-refractivity contribution in [2.45, 2.75) is 53.6 Å². The molecule has 20 heavy (non-hydrogen) atoms. The van der Waals surface area contributed by atoms with Gasteiger partial charge in [-0.25, -0.2) is 4.98 Å². The van der Waals surface area contributed by atoms with Gasteiger partial charge in [0.2, 0.25) is 0 Å². The highest BCUT2D eigenvalue weighted by atomic mass is 16.3. The molecule has 0 saturated carbocycles. The predicted octanol–water partition coefficient (Wildman–Crippen LogP) is 4.03. The van der Waals surface area contributed by atoms with E-state index in [9.17, 15) is 5.11 Å². The Hall–Kier alpha value is -1.09. The molecule has 0 aliphatic heterocycles. The van der Waals surface area contributed by atoms with E-state index in [4.69, 9.17) is 0 Å². The maximum atomic E-state index is 9.94. The summed E-state index contributed by atoms with van der Waals surface area (Å²) in [4.78, 5) is 6.86. The molecule has 0 aliphatic rings. The molecule has 0 aromatic carbocycles. The van der Waals surface area contributed by atoms with Crippen LogP contribution in [-0.4, -0.2) is 23.2 Å². The molecule has 0 saturated heterocycles. The van der Waals surface area contributed by atoms with Crippen molar-refractivity contribution in [3.63, 3.8) is 0 Å². The zero-order chi connectivity index (χ0) is 15.1. The van der Waals surface area contributed by atoms with Gasteiger partial charge in [-0.1, -0.05) is 33.8 Å². The van der Waals surface area contributed by atoms with Crippen molar-refractivity contribution < 1.29 is 5.11 Å². The molecule has 1 aromatic rings. The number of rotatable bonds is 8. The Bertz CT molecular complexity index is 376. The van der Waals surface area contributed by atoms with Gasteiger partial charge in [0, 0.05) is 24.8 Å². The van der Waals surface area contributed by atoms with Crippen molar-refractivity contribution in [3.8, 4) is 0 Å². The summed E-state index contributed by atoms with van der Waals surface area (Å²) in [5, 5.41) is 9.94. The highest BCUT2D eigenvalue weighted by molar-refractivity contribution is 5.47. The summed E-state index contributed by atoms with van der Waals surface area (Å²) in [5.41, 5.74) is 0.931. The fourth-order valence-corrected chi connectivity index (χ4v) is 2.15. The van der Waals surface area contributed by atoms with Crippen molar-refractivity contribution in [2.75, 3.05) is 18.0 Å². The second-order valence-corrected chi connectivity index (χ2v) is 6.44. The average Bonchev–Trinajstić information content (AvgIpc) is 2.38. The number of nitrogens with zero attached hydrogens (tertiary/aromatic N) is 2. The number of aliphatic hydroxyl groups is 1. The minimum atomic E-state index is -0.473. The van der Waals surface area contributed by atoms with Crippen LogP contribution in [0.25, 0.3) is 0 Å². The van der Waals surface area contributed by atoms with Crippen LogP contribution >= 0.6 is 0 Å². The van der Waals surface area contributed by atoms with E-state index in [1.165, 1.54) is 0 Å². The number of pyridine rings is 1. The zero-order valence-electron chi connectivity index (χ0n) is 13.6. The first kappa shape index (κ1) is 17.0. The minimum absolute atomic E-state index is 0.473. The number of hydrogen-bond donors (Lipinski definition) is 1. The summed E-state index contributed by atoms with van der Waals surface area (Å²) in [6.45, 7) is 12.8. The van der Waals surface area contributed by atoms with Crippen molar-refractivity contribution in [2.24, 2.45) is 11.8 Å². The van der Waals surface area contributed by atoms with Crippen LogP contribution in [-0.2, 0) is 0 Å². The topological polar surface area (TPSA) is 36.4 Å². The second-order valence-electron chi connectivity index (χ2n) is 6.44. The molecule has 1 atom stereocenters. The first-order valence-corrected chi connectivity index (χ1v) is 7.79. The molecule has 0 bridgehead atoms. The molecule has 0 radical (unpaired) electrons. The van der Waals surface area contributed by atoms with Gasteiger partial charge in [0.25, 0.3) is 0 Å². The third-order valence-corrected chi connectivity index (χ3v) is 3.52. The van der Waals surface area contributed by atoms with E-state index >= 15 is 0 Å². The lowest BCUT2D eigenvalue weighted by Crippen LogP contribution is -2.29. The Labute approximate surface area is 124 Å². The highest BCUT2D eigenvalue weighted by Gasteiger charge is 2.16. The Balaban J connectivity index is 2.90. The van der Waals surface area contributed by atoms with Gasteiger partial charge in [0.15, 0.2) is 0 Å². The van der Waals surface area contributed by atoms with Crippen LogP contribution in [0, 0.1) is 11.8 Å². The van der Waals surface area contributed by atoms with Gasteiger partial charge in [0.05, 0.1) is 6.10 Å². The monoisotopic (exact) mass is 278 g/mol. The molecule has 1 aromatic heterocycles. The molecule has 114 valence electrons. The fraction of sp³-hybridized carbons (Fsp3) is 0.706. The zero-order valence-corrected chi connectivity index (χ0v) is 13.6. The van der Waals surface area contributed by atoms with Crippen molar-refractivity contribution in [1.82, 2.24) is 4.98 Å². The van der Waals surface area contributed by atoms with Gasteiger partial charge in [-0.2, -0.15) is 0 Å². The molecular formula is C17H30N2O. The Kier molecular flexibility index (Phi) is 7.00. The van der Waals surface area contributed by atoms with Crippen molar-refractivity contribution in [1.29, 1.82) is 0 Å².